The van der Waals surface area contributed by atoms with Crippen LogP contribution < -0.4 is 11.1 Å². The third-order valence-electron chi connectivity index (χ3n) is 3.16. The van der Waals surface area contributed by atoms with Gasteiger partial charge in [0.05, 0.1) is 5.69 Å². The number of benzene rings is 1. The van der Waals surface area contributed by atoms with E-state index in [0.717, 1.165) is 17.8 Å². The Balaban J connectivity index is 2.01. The summed E-state index contributed by atoms with van der Waals surface area (Å²) in [7, 11) is 0. The number of aryl methyl sites for hydroxylation is 2. The van der Waals surface area contributed by atoms with E-state index in [1.54, 1.807) is 30.3 Å². The van der Waals surface area contributed by atoms with E-state index >= 15 is 0 Å². The lowest BCUT2D eigenvalue weighted by Crippen LogP contribution is -2.11. The molecule has 22 heavy (non-hydrogen) atoms. The van der Waals surface area contributed by atoms with E-state index in [-0.39, 0.29) is 5.91 Å². The van der Waals surface area contributed by atoms with Gasteiger partial charge < -0.3 is 11.1 Å². The van der Waals surface area contributed by atoms with Gasteiger partial charge in [-0.15, -0.1) is 0 Å². The van der Waals surface area contributed by atoms with E-state index in [1.807, 2.05) is 24.7 Å². The number of hydrogen-bond donors (Lipinski definition) is 2. The number of carbonyl (C=O) groups is 2. The summed E-state index contributed by atoms with van der Waals surface area (Å²) in [6.07, 6.45) is 5.06. The predicted molar refractivity (Wildman–Crippen MR) is 85.3 cm³/mol. The summed E-state index contributed by atoms with van der Waals surface area (Å²) in [4.78, 5) is 22.8. The van der Waals surface area contributed by atoms with Gasteiger partial charge in [-0.25, -0.2) is 0 Å². The van der Waals surface area contributed by atoms with Gasteiger partial charge in [0.1, 0.15) is 0 Å². The van der Waals surface area contributed by atoms with Gasteiger partial charge in [-0.05, 0) is 44.2 Å². The van der Waals surface area contributed by atoms with Gasteiger partial charge in [0.15, 0.2) is 0 Å². The fourth-order valence-electron chi connectivity index (χ4n) is 1.93. The SMILES string of the molecule is CCn1cc(C=CC(=O)Nc2ccc(C(N)=O)cc2)c(C)n1. The molecule has 1 heterocycles. The number of nitrogens with one attached hydrogen (secondary N) is 1. The molecule has 1 aromatic heterocycles. The number of carbonyl (C=O) groups excluding carboxylic acids is 2. The molecular weight excluding hydrogens is 280 g/mol. The highest BCUT2D eigenvalue weighted by Gasteiger charge is 2.03. The van der Waals surface area contributed by atoms with Crippen LogP contribution in [0.25, 0.3) is 6.08 Å². The second kappa shape index (κ2) is 6.71. The Hall–Kier alpha value is -2.89. The van der Waals surface area contributed by atoms with Crippen molar-refractivity contribution in [2.24, 2.45) is 5.73 Å². The number of primary amides is 1. The Bertz CT molecular complexity index is 714. The first-order chi connectivity index (χ1) is 10.5. The summed E-state index contributed by atoms with van der Waals surface area (Å²) in [5.41, 5.74) is 7.93. The highest BCUT2D eigenvalue weighted by atomic mass is 16.1. The normalized spacial score (nSPS) is 10.8. The molecule has 2 rings (SSSR count). The van der Waals surface area contributed by atoms with Gasteiger partial charge in [-0.2, -0.15) is 5.10 Å². The summed E-state index contributed by atoms with van der Waals surface area (Å²) in [5, 5.41) is 7.02. The highest BCUT2D eigenvalue weighted by molar-refractivity contribution is 6.02. The molecule has 0 aliphatic heterocycles. The van der Waals surface area contributed by atoms with Gasteiger partial charge in [0, 0.05) is 35.6 Å². The molecule has 3 N–H and O–H groups in total. The highest BCUT2D eigenvalue weighted by Crippen LogP contribution is 2.11. The van der Waals surface area contributed by atoms with Crippen LogP contribution in [0, 0.1) is 6.92 Å². The Kier molecular flexibility index (Phi) is 4.73. The molecule has 0 aliphatic rings. The number of amides is 2. The molecule has 0 atom stereocenters. The second-order valence-corrected chi connectivity index (χ2v) is 4.79. The first-order valence-corrected chi connectivity index (χ1v) is 6.92. The van der Waals surface area contributed by atoms with Crippen molar-refractivity contribution in [1.29, 1.82) is 0 Å². The van der Waals surface area contributed by atoms with Crippen molar-refractivity contribution < 1.29 is 9.59 Å². The van der Waals surface area contributed by atoms with Gasteiger partial charge in [-0.3, -0.25) is 14.3 Å². The molecule has 114 valence electrons. The number of nitrogens with zero attached hydrogens (tertiary/aromatic N) is 2. The molecule has 2 amide bonds. The van der Waals surface area contributed by atoms with E-state index in [0.29, 0.717) is 11.3 Å². The van der Waals surface area contributed by atoms with E-state index < -0.39 is 5.91 Å². The standard InChI is InChI=1S/C16H18N4O2/c1-3-20-10-13(11(2)19-20)6-9-15(21)18-14-7-4-12(5-8-14)16(17)22/h4-10H,3H2,1-2H3,(H2,17,22)(H,18,21). The van der Waals surface area contributed by atoms with Crippen LogP contribution in [0.1, 0.15) is 28.5 Å². The third-order valence-corrected chi connectivity index (χ3v) is 3.16. The second-order valence-electron chi connectivity index (χ2n) is 4.79. The Morgan fingerprint density at radius 2 is 2.00 bits per heavy atom. The molecule has 6 heteroatoms. The van der Waals surface area contributed by atoms with Gasteiger partial charge in [0.2, 0.25) is 11.8 Å². The van der Waals surface area contributed by atoms with Crippen molar-refractivity contribution >= 4 is 23.6 Å². The number of rotatable bonds is 5. The molecule has 0 spiro atoms. The summed E-state index contributed by atoms with van der Waals surface area (Å²) >= 11 is 0. The van der Waals surface area contributed by atoms with Crippen molar-refractivity contribution in [3.63, 3.8) is 0 Å². The zero-order chi connectivity index (χ0) is 16.1. The fourth-order valence-corrected chi connectivity index (χ4v) is 1.93. The fraction of sp³-hybridized carbons (Fsp3) is 0.188. The average molecular weight is 298 g/mol. The third kappa shape index (κ3) is 3.82. The van der Waals surface area contributed by atoms with Crippen LogP contribution in [0.15, 0.2) is 36.5 Å². The minimum atomic E-state index is -0.499. The molecule has 0 fully saturated rings. The molecule has 0 saturated heterocycles. The van der Waals surface area contributed by atoms with Crippen molar-refractivity contribution in [1.82, 2.24) is 9.78 Å². The first-order valence-electron chi connectivity index (χ1n) is 6.92. The van der Waals surface area contributed by atoms with Gasteiger partial charge >= 0.3 is 0 Å². The lowest BCUT2D eigenvalue weighted by molar-refractivity contribution is -0.111. The zero-order valence-electron chi connectivity index (χ0n) is 12.5. The number of nitrogens with two attached hydrogens (primary N) is 1. The van der Waals surface area contributed by atoms with Crippen LogP contribution in [0.4, 0.5) is 5.69 Å². The molecular formula is C16H18N4O2. The van der Waals surface area contributed by atoms with E-state index in [1.165, 1.54) is 6.08 Å². The average Bonchev–Trinajstić information content (AvgIpc) is 2.86. The zero-order valence-corrected chi connectivity index (χ0v) is 12.5. The Morgan fingerprint density at radius 3 is 2.55 bits per heavy atom. The molecule has 0 saturated carbocycles. The smallest absolute Gasteiger partial charge is 0.248 e. The van der Waals surface area contributed by atoms with E-state index in [9.17, 15) is 9.59 Å². The lowest BCUT2D eigenvalue weighted by atomic mass is 10.2. The molecule has 0 bridgehead atoms. The first kappa shape index (κ1) is 15.5. The summed E-state index contributed by atoms with van der Waals surface area (Å²) in [6.45, 7) is 4.68. The molecule has 0 unspecified atom stereocenters. The number of aromatic nitrogens is 2. The maximum atomic E-state index is 11.9. The minimum absolute atomic E-state index is 0.254. The van der Waals surface area contributed by atoms with Crippen LogP contribution in [0.5, 0.6) is 0 Å². The van der Waals surface area contributed by atoms with Crippen LogP contribution in [-0.4, -0.2) is 21.6 Å². The van der Waals surface area contributed by atoms with Crippen molar-refractivity contribution in [3.8, 4) is 0 Å². The van der Waals surface area contributed by atoms with E-state index in [4.69, 9.17) is 5.73 Å². The quantitative estimate of drug-likeness (QED) is 0.827. The largest absolute Gasteiger partial charge is 0.366 e. The predicted octanol–water partition coefficient (Wildman–Crippen LogP) is 1.96. The van der Waals surface area contributed by atoms with Crippen LogP contribution >= 0.6 is 0 Å². The maximum Gasteiger partial charge on any atom is 0.248 e. The summed E-state index contributed by atoms with van der Waals surface area (Å²) in [5.74, 6) is -0.753. The topological polar surface area (TPSA) is 90.0 Å². The van der Waals surface area contributed by atoms with E-state index in [2.05, 4.69) is 10.4 Å². The lowest BCUT2D eigenvalue weighted by Gasteiger charge is -2.02. The Labute approximate surface area is 128 Å². The summed E-state index contributed by atoms with van der Waals surface area (Å²) in [6, 6.07) is 6.40. The molecule has 1 aromatic carbocycles. The minimum Gasteiger partial charge on any atom is -0.366 e. The van der Waals surface area contributed by atoms with Crippen LogP contribution in [0.2, 0.25) is 0 Å². The van der Waals surface area contributed by atoms with Crippen LogP contribution in [-0.2, 0) is 11.3 Å². The van der Waals surface area contributed by atoms with Crippen LogP contribution in [0.3, 0.4) is 0 Å². The molecule has 2 aromatic rings. The molecule has 6 nitrogen and oxygen atoms in total. The monoisotopic (exact) mass is 298 g/mol. The Morgan fingerprint density at radius 1 is 1.32 bits per heavy atom. The van der Waals surface area contributed by atoms with Crippen molar-refractivity contribution in [2.45, 2.75) is 20.4 Å². The maximum absolute atomic E-state index is 11.9. The summed E-state index contributed by atoms with van der Waals surface area (Å²) < 4.78 is 1.81. The van der Waals surface area contributed by atoms with Crippen molar-refractivity contribution in [2.75, 3.05) is 5.32 Å². The molecule has 0 aliphatic carbocycles. The number of anilines is 1. The van der Waals surface area contributed by atoms with Gasteiger partial charge in [-0.1, -0.05) is 0 Å². The van der Waals surface area contributed by atoms with Crippen molar-refractivity contribution in [3.05, 3.63) is 53.4 Å². The number of hydrogen-bond acceptors (Lipinski definition) is 3. The van der Waals surface area contributed by atoms with Gasteiger partial charge in [0.25, 0.3) is 0 Å². The molecule has 0 radical (unpaired) electrons.